The molecule has 0 saturated heterocycles. The second kappa shape index (κ2) is 5.75. The monoisotopic (exact) mass is 239 g/mol. The molecule has 94 valence electrons. The van der Waals surface area contributed by atoms with Crippen molar-refractivity contribution in [1.29, 1.82) is 0 Å². The van der Waals surface area contributed by atoms with Gasteiger partial charge in [-0.15, -0.1) is 0 Å². The Morgan fingerprint density at radius 1 is 1.29 bits per heavy atom. The Morgan fingerprint density at radius 2 is 2.12 bits per heavy atom. The van der Waals surface area contributed by atoms with Crippen LogP contribution in [0.25, 0.3) is 0 Å². The molecular weight excluding hydrogens is 222 g/mol. The van der Waals surface area contributed by atoms with Crippen molar-refractivity contribution in [2.24, 2.45) is 0 Å². The Morgan fingerprint density at radius 3 is 2.94 bits per heavy atom. The van der Waals surface area contributed by atoms with Crippen molar-refractivity contribution in [3.8, 4) is 17.2 Å². The average Bonchev–Trinajstić information content (AvgIpc) is 2.76. The van der Waals surface area contributed by atoms with E-state index in [0.717, 1.165) is 23.8 Å². The molecule has 1 heterocycles. The van der Waals surface area contributed by atoms with E-state index in [2.05, 4.69) is 0 Å². The number of hydrogen-bond acceptors (Lipinski definition) is 5. The van der Waals surface area contributed by atoms with E-state index >= 15 is 0 Å². The topological polar surface area (TPSA) is 51.2 Å². The van der Waals surface area contributed by atoms with Crippen LogP contribution in [-0.2, 0) is 0 Å². The van der Waals surface area contributed by atoms with Crippen LogP contribution in [0.3, 0.4) is 0 Å². The van der Waals surface area contributed by atoms with Gasteiger partial charge in [-0.1, -0.05) is 0 Å². The Kier molecular flexibility index (Phi) is 4.06. The molecule has 0 bridgehead atoms. The first-order chi connectivity index (χ1) is 8.29. The zero-order chi connectivity index (χ0) is 12.1. The Hall–Kier alpha value is -1.46. The Bertz CT molecular complexity index is 370. The molecule has 17 heavy (non-hydrogen) atoms. The van der Waals surface area contributed by atoms with Crippen LogP contribution in [0.4, 0.5) is 0 Å². The second-order valence-electron chi connectivity index (χ2n) is 3.89. The molecule has 0 fully saturated rings. The fraction of sp³-hybridized carbons (Fsp3) is 0.500. The fourth-order valence-electron chi connectivity index (χ4n) is 1.57. The number of aliphatic hydroxyl groups excluding tert-OH is 1. The van der Waals surface area contributed by atoms with Crippen LogP contribution in [0.1, 0.15) is 0 Å². The molecule has 0 aliphatic carbocycles. The van der Waals surface area contributed by atoms with Gasteiger partial charge in [0, 0.05) is 19.2 Å². The highest BCUT2D eigenvalue weighted by Gasteiger charge is 2.13. The minimum Gasteiger partial charge on any atom is -0.492 e. The van der Waals surface area contributed by atoms with E-state index in [1.165, 1.54) is 0 Å². The molecule has 1 aliphatic rings. The van der Waals surface area contributed by atoms with Gasteiger partial charge in [-0.05, 0) is 19.2 Å². The van der Waals surface area contributed by atoms with Crippen LogP contribution in [0, 0.1) is 0 Å². The fourth-order valence-corrected chi connectivity index (χ4v) is 1.57. The molecule has 1 aliphatic heterocycles. The SMILES string of the molecule is CN(CCO)CCOc1ccc2c(c1)OCO2. The molecule has 1 aromatic rings. The highest BCUT2D eigenvalue weighted by atomic mass is 16.7. The number of fused-ring (bicyclic) bond motifs is 1. The summed E-state index contributed by atoms with van der Waals surface area (Å²) in [5.74, 6) is 2.26. The minimum absolute atomic E-state index is 0.167. The third-order valence-electron chi connectivity index (χ3n) is 2.57. The number of rotatable bonds is 6. The summed E-state index contributed by atoms with van der Waals surface area (Å²) in [6.07, 6.45) is 0. The van der Waals surface area contributed by atoms with Crippen LogP contribution in [-0.4, -0.2) is 50.2 Å². The first kappa shape index (κ1) is 12.0. The van der Waals surface area contributed by atoms with Gasteiger partial charge >= 0.3 is 0 Å². The highest BCUT2D eigenvalue weighted by Crippen LogP contribution is 2.34. The average molecular weight is 239 g/mol. The van der Waals surface area contributed by atoms with Gasteiger partial charge in [0.2, 0.25) is 6.79 Å². The number of nitrogens with zero attached hydrogens (tertiary/aromatic N) is 1. The maximum atomic E-state index is 8.75. The van der Waals surface area contributed by atoms with Gasteiger partial charge in [0.15, 0.2) is 11.5 Å². The van der Waals surface area contributed by atoms with Gasteiger partial charge < -0.3 is 24.2 Å². The number of benzene rings is 1. The molecule has 0 radical (unpaired) electrons. The number of ether oxygens (including phenoxy) is 3. The molecule has 1 N–H and O–H groups in total. The smallest absolute Gasteiger partial charge is 0.231 e. The van der Waals surface area contributed by atoms with Crippen LogP contribution in [0.5, 0.6) is 17.2 Å². The number of likely N-dealkylation sites (N-methyl/N-ethyl adjacent to an activating group) is 1. The Balaban J connectivity index is 1.79. The predicted octanol–water partition coefficient (Wildman–Crippen LogP) is 0.718. The molecule has 5 nitrogen and oxygen atoms in total. The van der Waals surface area contributed by atoms with Crippen LogP contribution in [0.15, 0.2) is 18.2 Å². The number of hydrogen-bond donors (Lipinski definition) is 1. The maximum absolute atomic E-state index is 8.75. The van der Waals surface area contributed by atoms with Crippen molar-refractivity contribution in [1.82, 2.24) is 4.90 Å². The lowest BCUT2D eigenvalue weighted by Gasteiger charge is -2.15. The first-order valence-electron chi connectivity index (χ1n) is 5.61. The molecule has 0 saturated carbocycles. The zero-order valence-corrected chi connectivity index (χ0v) is 9.89. The van der Waals surface area contributed by atoms with Crippen molar-refractivity contribution in [2.45, 2.75) is 0 Å². The van der Waals surface area contributed by atoms with E-state index < -0.39 is 0 Å². The standard InChI is InChI=1S/C12H17NO4/c1-13(4-6-14)5-7-15-10-2-3-11-12(8-10)17-9-16-11/h2-3,8,14H,4-7,9H2,1H3. The molecule has 1 aromatic carbocycles. The van der Waals surface area contributed by atoms with Gasteiger partial charge in [0.05, 0.1) is 6.61 Å². The lowest BCUT2D eigenvalue weighted by molar-refractivity contribution is 0.173. The summed E-state index contributed by atoms with van der Waals surface area (Å²) in [5.41, 5.74) is 0. The molecule has 0 spiro atoms. The van der Waals surface area contributed by atoms with Crippen molar-refractivity contribution in [3.05, 3.63) is 18.2 Å². The normalized spacial score (nSPS) is 13.1. The van der Waals surface area contributed by atoms with E-state index in [9.17, 15) is 0 Å². The predicted molar refractivity (Wildman–Crippen MR) is 62.6 cm³/mol. The van der Waals surface area contributed by atoms with E-state index in [-0.39, 0.29) is 13.4 Å². The highest BCUT2D eigenvalue weighted by molar-refractivity contribution is 5.46. The van der Waals surface area contributed by atoms with Crippen LogP contribution in [0.2, 0.25) is 0 Å². The summed E-state index contributed by atoms with van der Waals surface area (Å²) < 4.78 is 16.1. The molecule has 0 aromatic heterocycles. The van der Waals surface area contributed by atoms with Gasteiger partial charge in [-0.3, -0.25) is 0 Å². The molecule has 2 rings (SSSR count). The van der Waals surface area contributed by atoms with E-state index in [4.69, 9.17) is 19.3 Å². The lowest BCUT2D eigenvalue weighted by Crippen LogP contribution is -2.27. The molecular formula is C12H17NO4. The lowest BCUT2D eigenvalue weighted by atomic mass is 10.3. The van der Waals surface area contributed by atoms with Crippen molar-refractivity contribution >= 4 is 0 Å². The third-order valence-corrected chi connectivity index (χ3v) is 2.57. The van der Waals surface area contributed by atoms with E-state index in [1.807, 2.05) is 30.1 Å². The van der Waals surface area contributed by atoms with Crippen LogP contribution < -0.4 is 14.2 Å². The molecule has 0 amide bonds. The second-order valence-corrected chi connectivity index (χ2v) is 3.89. The van der Waals surface area contributed by atoms with Crippen LogP contribution >= 0.6 is 0 Å². The summed E-state index contributed by atoms with van der Waals surface area (Å²) in [7, 11) is 1.94. The largest absolute Gasteiger partial charge is 0.492 e. The van der Waals surface area contributed by atoms with E-state index in [0.29, 0.717) is 13.2 Å². The summed E-state index contributed by atoms with van der Waals surface area (Å²) in [5, 5.41) is 8.75. The van der Waals surface area contributed by atoms with Gasteiger partial charge in [-0.25, -0.2) is 0 Å². The van der Waals surface area contributed by atoms with Crippen molar-refractivity contribution in [2.75, 3.05) is 40.1 Å². The molecule has 0 unspecified atom stereocenters. The maximum Gasteiger partial charge on any atom is 0.231 e. The zero-order valence-electron chi connectivity index (χ0n) is 9.89. The van der Waals surface area contributed by atoms with Gasteiger partial charge in [-0.2, -0.15) is 0 Å². The quantitative estimate of drug-likeness (QED) is 0.792. The van der Waals surface area contributed by atoms with Gasteiger partial charge in [0.25, 0.3) is 0 Å². The first-order valence-corrected chi connectivity index (χ1v) is 5.61. The third kappa shape index (κ3) is 3.25. The summed E-state index contributed by atoms with van der Waals surface area (Å²) in [6, 6.07) is 5.53. The molecule has 5 heteroatoms. The summed E-state index contributed by atoms with van der Waals surface area (Å²) in [4.78, 5) is 2.01. The van der Waals surface area contributed by atoms with E-state index in [1.54, 1.807) is 0 Å². The van der Waals surface area contributed by atoms with Crippen molar-refractivity contribution in [3.63, 3.8) is 0 Å². The summed E-state index contributed by atoms with van der Waals surface area (Å²) in [6.45, 7) is 2.45. The minimum atomic E-state index is 0.167. The Labute approximate surface area is 101 Å². The van der Waals surface area contributed by atoms with Gasteiger partial charge in [0.1, 0.15) is 12.4 Å². The van der Waals surface area contributed by atoms with Crippen molar-refractivity contribution < 1.29 is 19.3 Å². The summed E-state index contributed by atoms with van der Waals surface area (Å²) >= 11 is 0. The number of aliphatic hydroxyl groups is 1. The molecule has 0 atom stereocenters.